The van der Waals surface area contributed by atoms with Gasteiger partial charge in [0.25, 0.3) is 0 Å². The van der Waals surface area contributed by atoms with Crippen molar-refractivity contribution in [2.45, 2.75) is 59.2 Å². The second kappa shape index (κ2) is 10.7. The lowest BCUT2D eigenvalue weighted by Crippen LogP contribution is -2.35. The highest BCUT2D eigenvalue weighted by Gasteiger charge is 2.20. The maximum Gasteiger partial charge on any atom is 0.412 e. The Balaban J connectivity index is 2.10. The van der Waals surface area contributed by atoms with Crippen molar-refractivity contribution in [1.29, 1.82) is 0 Å². The van der Waals surface area contributed by atoms with Crippen LogP contribution in [0.2, 0.25) is 0 Å². The van der Waals surface area contributed by atoms with Crippen LogP contribution in [0.1, 0.15) is 47.5 Å². The van der Waals surface area contributed by atoms with Crippen molar-refractivity contribution in [3.05, 3.63) is 18.2 Å². The lowest BCUT2D eigenvalue weighted by Gasteiger charge is -2.25. The van der Waals surface area contributed by atoms with E-state index in [1.807, 2.05) is 39.0 Å². The number of hydrogen-bond acceptors (Lipinski definition) is 6. The Morgan fingerprint density at radius 1 is 1.24 bits per heavy atom. The lowest BCUT2D eigenvalue weighted by molar-refractivity contribution is 0.0635. The van der Waals surface area contributed by atoms with E-state index in [0.717, 1.165) is 44.7 Å². The molecule has 164 valence electrons. The van der Waals surface area contributed by atoms with E-state index in [2.05, 4.69) is 29.0 Å². The molecule has 1 saturated heterocycles. The molecule has 1 aliphatic heterocycles. The summed E-state index contributed by atoms with van der Waals surface area (Å²) in [5, 5.41) is 13.1. The van der Waals surface area contributed by atoms with E-state index in [1.165, 1.54) is 0 Å². The molecular weight excluding hydrogens is 370 g/mol. The largest absolute Gasteiger partial charge is 0.489 e. The van der Waals surface area contributed by atoms with Crippen molar-refractivity contribution in [2.24, 2.45) is 0 Å². The molecule has 1 fully saturated rings. The summed E-state index contributed by atoms with van der Waals surface area (Å²) in [6.45, 7) is 14.2. The number of rotatable bonds is 9. The molecule has 2 rings (SSSR count). The topological polar surface area (TPSA) is 74.3 Å². The zero-order valence-electron chi connectivity index (χ0n) is 18.5. The third-order valence-corrected chi connectivity index (χ3v) is 4.85. The van der Waals surface area contributed by atoms with Crippen LogP contribution in [0, 0.1) is 0 Å². The number of nitrogens with one attached hydrogen (secondary N) is 1. The number of aliphatic hydroxyl groups excluding tert-OH is 1. The zero-order valence-corrected chi connectivity index (χ0v) is 18.5. The Hall–Kier alpha value is -1.99. The van der Waals surface area contributed by atoms with Crippen LogP contribution in [0.4, 0.5) is 16.2 Å². The van der Waals surface area contributed by atoms with Gasteiger partial charge in [0.2, 0.25) is 0 Å². The monoisotopic (exact) mass is 407 g/mol. The van der Waals surface area contributed by atoms with Crippen molar-refractivity contribution < 1.29 is 19.4 Å². The van der Waals surface area contributed by atoms with Crippen LogP contribution in [-0.4, -0.2) is 67.1 Å². The van der Waals surface area contributed by atoms with Crippen LogP contribution < -0.4 is 15.0 Å². The molecule has 0 bridgehead atoms. The molecule has 1 aromatic carbocycles. The van der Waals surface area contributed by atoms with Gasteiger partial charge >= 0.3 is 6.09 Å². The Labute approximate surface area is 175 Å². The number of anilines is 2. The summed E-state index contributed by atoms with van der Waals surface area (Å²) < 4.78 is 11.3. The Kier molecular flexibility index (Phi) is 8.59. The first-order chi connectivity index (χ1) is 13.7. The zero-order chi connectivity index (χ0) is 21.4. The third kappa shape index (κ3) is 7.74. The quantitative estimate of drug-likeness (QED) is 0.650. The molecule has 0 radical (unpaired) electrons. The standard InChI is InChI=1S/C22H37N3O4/c1-6-24(7-2)15-18(26)16-28-20-14-17(23-21(27)29-22(3,4)5)10-11-19(20)25-12-8-9-13-25/h10-11,14,18,26H,6-9,12-13,15-16H2,1-5H3,(H,23,27). The van der Waals surface area contributed by atoms with Gasteiger partial charge in [-0.2, -0.15) is 0 Å². The number of amides is 1. The average molecular weight is 408 g/mol. The summed E-state index contributed by atoms with van der Waals surface area (Å²) in [6.07, 6.45) is 1.23. The van der Waals surface area contributed by atoms with Crippen LogP contribution >= 0.6 is 0 Å². The van der Waals surface area contributed by atoms with Gasteiger partial charge in [-0.15, -0.1) is 0 Å². The average Bonchev–Trinajstić information content (AvgIpc) is 3.17. The van der Waals surface area contributed by atoms with Gasteiger partial charge in [-0.05, 0) is 58.8 Å². The van der Waals surface area contributed by atoms with Crippen LogP contribution in [-0.2, 0) is 4.74 Å². The van der Waals surface area contributed by atoms with Crippen molar-refractivity contribution in [3.63, 3.8) is 0 Å². The first-order valence-electron chi connectivity index (χ1n) is 10.6. The fraction of sp³-hybridized carbons (Fsp3) is 0.682. The van der Waals surface area contributed by atoms with E-state index in [1.54, 1.807) is 0 Å². The number of ether oxygens (including phenoxy) is 2. The predicted molar refractivity (Wildman–Crippen MR) is 117 cm³/mol. The van der Waals surface area contributed by atoms with Crippen molar-refractivity contribution in [2.75, 3.05) is 49.5 Å². The summed E-state index contributed by atoms with van der Waals surface area (Å²) in [4.78, 5) is 16.5. The molecule has 0 aliphatic carbocycles. The summed E-state index contributed by atoms with van der Waals surface area (Å²) in [7, 11) is 0. The highest BCUT2D eigenvalue weighted by molar-refractivity contribution is 5.86. The number of benzene rings is 1. The third-order valence-electron chi connectivity index (χ3n) is 4.85. The maximum absolute atomic E-state index is 12.1. The lowest BCUT2D eigenvalue weighted by atomic mass is 10.2. The normalized spacial score (nSPS) is 15.5. The van der Waals surface area contributed by atoms with Gasteiger partial charge in [0, 0.05) is 31.4 Å². The molecule has 1 unspecified atom stereocenters. The van der Waals surface area contributed by atoms with Gasteiger partial charge < -0.3 is 24.4 Å². The number of hydrogen-bond donors (Lipinski definition) is 2. The van der Waals surface area contributed by atoms with Gasteiger partial charge in [-0.25, -0.2) is 4.79 Å². The molecule has 1 aromatic rings. The summed E-state index contributed by atoms with van der Waals surface area (Å²) >= 11 is 0. The van der Waals surface area contributed by atoms with Gasteiger partial charge in [-0.3, -0.25) is 5.32 Å². The second-order valence-electron chi connectivity index (χ2n) is 8.45. The van der Waals surface area contributed by atoms with E-state index in [4.69, 9.17) is 9.47 Å². The second-order valence-corrected chi connectivity index (χ2v) is 8.45. The fourth-order valence-electron chi connectivity index (χ4n) is 3.37. The van der Waals surface area contributed by atoms with E-state index >= 15 is 0 Å². The van der Waals surface area contributed by atoms with Gasteiger partial charge in [0.15, 0.2) is 0 Å². The van der Waals surface area contributed by atoms with E-state index in [9.17, 15) is 9.90 Å². The molecule has 29 heavy (non-hydrogen) atoms. The smallest absolute Gasteiger partial charge is 0.412 e. The molecule has 0 saturated carbocycles. The number of aliphatic hydroxyl groups is 1. The molecule has 0 aromatic heterocycles. The van der Waals surface area contributed by atoms with E-state index in [0.29, 0.717) is 18.0 Å². The minimum Gasteiger partial charge on any atom is -0.489 e. The van der Waals surface area contributed by atoms with Crippen molar-refractivity contribution in [1.82, 2.24) is 4.90 Å². The Morgan fingerprint density at radius 3 is 2.48 bits per heavy atom. The molecule has 1 heterocycles. The maximum atomic E-state index is 12.1. The van der Waals surface area contributed by atoms with Gasteiger partial charge in [0.05, 0.1) is 5.69 Å². The molecule has 1 aliphatic rings. The SMILES string of the molecule is CCN(CC)CC(O)COc1cc(NC(=O)OC(C)(C)C)ccc1N1CCCC1. The van der Waals surface area contributed by atoms with Gasteiger partial charge in [-0.1, -0.05) is 13.8 Å². The van der Waals surface area contributed by atoms with E-state index in [-0.39, 0.29) is 6.61 Å². The number of likely N-dealkylation sites (N-methyl/N-ethyl adjacent to an activating group) is 1. The Morgan fingerprint density at radius 2 is 1.90 bits per heavy atom. The van der Waals surface area contributed by atoms with Crippen LogP contribution in [0.3, 0.4) is 0 Å². The fourth-order valence-corrected chi connectivity index (χ4v) is 3.37. The molecule has 1 amide bonds. The van der Waals surface area contributed by atoms with Crippen LogP contribution in [0.5, 0.6) is 5.75 Å². The minimum absolute atomic E-state index is 0.202. The minimum atomic E-state index is -0.580. The number of carbonyl (C=O) groups is 1. The summed E-state index contributed by atoms with van der Waals surface area (Å²) in [5.41, 5.74) is 1.04. The Bertz CT molecular complexity index is 650. The first-order valence-corrected chi connectivity index (χ1v) is 10.6. The van der Waals surface area contributed by atoms with Crippen LogP contribution in [0.25, 0.3) is 0 Å². The highest BCUT2D eigenvalue weighted by atomic mass is 16.6. The summed E-state index contributed by atoms with van der Waals surface area (Å²) in [6, 6.07) is 5.63. The molecule has 7 heteroatoms. The first kappa shape index (κ1) is 23.3. The predicted octanol–water partition coefficient (Wildman–Crippen LogP) is 3.72. The molecular formula is C22H37N3O4. The molecule has 2 N–H and O–H groups in total. The van der Waals surface area contributed by atoms with Crippen molar-refractivity contribution >= 4 is 17.5 Å². The van der Waals surface area contributed by atoms with Crippen LogP contribution in [0.15, 0.2) is 18.2 Å². The number of carbonyl (C=O) groups excluding carboxylic acids is 1. The van der Waals surface area contributed by atoms with Gasteiger partial charge in [0.1, 0.15) is 24.1 Å². The number of nitrogens with zero attached hydrogens (tertiary/aromatic N) is 2. The summed E-state index contributed by atoms with van der Waals surface area (Å²) in [5.74, 6) is 0.666. The highest BCUT2D eigenvalue weighted by Crippen LogP contribution is 2.34. The molecule has 0 spiro atoms. The van der Waals surface area contributed by atoms with Crippen molar-refractivity contribution in [3.8, 4) is 5.75 Å². The molecule has 7 nitrogen and oxygen atoms in total. The van der Waals surface area contributed by atoms with E-state index < -0.39 is 17.8 Å². The molecule has 1 atom stereocenters.